The third-order valence-electron chi connectivity index (χ3n) is 3.91. The molecule has 1 aromatic rings. The minimum Gasteiger partial charge on any atom is -0.481 e. The number of carbonyl (C=O) groups excluding carboxylic acids is 1. The second kappa shape index (κ2) is 5.47. The van der Waals surface area contributed by atoms with Gasteiger partial charge in [-0.3, -0.25) is 14.6 Å². The Bertz CT molecular complexity index is 546. The van der Waals surface area contributed by atoms with E-state index in [0.29, 0.717) is 6.42 Å². The van der Waals surface area contributed by atoms with Gasteiger partial charge in [0.2, 0.25) is 5.91 Å². The SMILES string of the molecule is Cc1ccc(C2C(C(=O)O)CCC(=O)N2C(C)(C)C)cn1. The highest BCUT2D eigenvalue weighted by molar-refractivity contribution is 5.82. The van der Waals surface area contributed by atoms with Crippen molar-refractivity contribution < 1.29 is 14.7 Å². The number of amides is 1. The fourth-order valence-electron chi connectivity index (χ4n) is 2.98. The molecule has 2 heterocycles. The number of piperidine rings is 1. The lowest BCUT2D eigenvalue weighted by molar-refractivity contribution is -0.156. The van der Waals surface area contributed by atoms with E-state index in [1.807, 2.05) is 39.8 Å². The zero-order valence-corrected chi connectivity index (χ0v) is 13.0. The minimum absolute atomic E-state index is 0.00516. The van der Waals surface area contributed by atoms with Gasteiger partial charge in [0.1, 0.15) is 0 Å². The van der Waals surface area contributed by atoms with Gasteiger partial charge in [-0.25, -0.2) is 0 Å². The summed E-state index contributed by atoms with van der Waals surface area (Å²) in [5.74, 6) is -1.45. The molecule has 0 spiro atoms. The first kappa shape index (κ1) is 15.5. The number of hydrogen-bond donors (Lipinski definition) is 1. The first-order valence-corrected chi connectivity index (χ1v) is 7.19. The molecule has 2 atom stereocenters. The molecule has 1 amide bonds. The summed E-state index contributed by atoms with van der Waals surface area (Å²) in [5.41, 5.74) is 1.23. The standard InChI is InChI=1S/C16H22N2O3/c1-10-5-6-11(9-17-10)14-12(15(20)21)7-8-13(19)18(14)16(2,3)4/h5-6,9,12,14H,7-8H2,1-4H3,(H,20,21). The maximum absolute atomic E-state index is 12.4. The van der Waals surface area contributed by atoms with E-state index in [1.54, 1.807) is 11.1 Å². The van der Waals surface area contributed by atoms with Crippen molar-refractivity contribution in [2.24, 2.45) is 5.92 Å². The van der Waals surface area contributed by atoms with Crippen LogP contribution >= 0.6 is 0 Å². The molecule has 0 radical (unpaired) electrons. The fourth-order valence-corrected chi connectivity index (χ4v) is 2.98. The van der Waals surface area contributed by atoms with Crippen LogP contribution < -0.4 is 0 Å². The number of likely N-dealkylation sites (tertiary alicyclic amines) is 1. The van der Waals surface area contributed by atoms with Crippen molar-refractivity contribution in [3.05, 3.63) is 29.6 Å². The van der Waals surface area contributed by atoms with E-state index in [-0.39, 0.29) is 12.3 Å². The highest BCUT2D eigenvalue weighted by Crippen LogP contribution is 2.40. The van der Waals surface area contributed by atoms with Gasteiger partial charge in [0.15, 0.2) is 0 Å². The molecule has 21 heavy (non-hydrogen) atoms. The maximum Gasteiger partial charge on any atom is 0.308 e. The Morgan fingerprint density at radius 1 is 1.38 bits per heavy atom. The van der Waals surface area contributed by atoms with Gasteiger partial charge >= 0.3 is 5.97 Å². The van der Waals surface area contributed by atoms with Crippen LogP contribution in [0.1, 0.15) is 50.9 Å². The number of aliphatic carboxylic acids is 1. The molecule has 0 bridgehead atoms. The quantitative estimate of drug-likeness (QED) is 0.908. The number of carbonyl (C=O) groups is 2. The monoisotopic (exact) mass is 290 g/mol. The van der Waals surface area contributed by atoms with E-state index >= 15 is 0 Å². The summed E-state index contributed by atoms with van der Waals surface area (Å²) in [6, 6.07) is 3.27. The lowest BCUT2D eigenvalue weighted by Gasteiger charge is -2.47. The molecule has 1 saturated heterocycles. The molecule has 1 aliphatic heterocycles. The van der Waals surface area contributed by atoms with Gasteiger partial charge in [-0.15, -0.1) is 0 Å². The molecule has 1 aromatic heterocycles. The van der Waals surface area contributed by atoms with Gasteiger partial charge in [-0.2, -0.15) is 0 Å². The second-order valence-corrected chi connectivity index (χ2v) is 6.60. The number of carboxylic acids is 1. The normalized spacial score (nSPS) is 23.2. The number of pyridine rings is 1. The number of aryl methyl sites for hydroxylation is 1. The molecule has 2 unspecified atom stereocenters. The largest absolute Gasteiger partial charge is 0.481 e. The van der Waals surface area contributed by atoms with Gasteiger partial charge < -0.3 is 10.0 Å². The number of nitrogens with zero attached hydrogens (tertiary/aromatic N) is 2. The van der Waals surface area contributed by atoms with E-state index in [4.69, 9.17) is 0 Å². The van der Waals surface area contributed by atoms with Crippen molar-refractivity contribution in [2.45, 2.75) is 52.1 Å². The van der Waals surface area contributed by atoms with Crippen LogP contribution in [0.4, 0.5) is 0 Å². The summed E-state index contributed by atoms with van der Waals surface area (Å²) in [4.78, 5) is 30.0. The van der Waals surface area contributed by atoms with Gasteiger partial charge in [0, 0.05) is 23.9 Å². The predicted octanol–water partition coefficient (Wildman–Crippen LogP) is 2.55. The number of rotatable bonds is 2. The first-order valence-electron chi connectivity index (χ1n) is 7.19. The van der Waals surface area contributed by atoms with Crippen LogP contribution in [0, 0.1) is 12.8 Å². The van der Waals surface area contributed by atoms with Crippen LogP contribution in [0.25, 0.3) is 0 Å². The van der Waals surface area contributed by atoms with Crippen LogP contribution in [-0.4, -0.2) is 32.4 Å². The maximum atomic E-state index is 12.4. The zero-order valence-electron chi connectivity index (χ0n) is 13.0. The number of hydrogen-bond acceptors (Lipinski definition) is 3. The topological polar surface area (TPSA) is 70.5 Å². The molecule has 0 aliphatic carbocycles. The summed E-state index contributed by atoms with van der Waals surface area (Å²) in [7, 11) is 0. The fraction of sp³-hybridized carbons (Fsp3) is 0.562. The van der Waals surface area contributed by atoms with Crippen LogP contribution in [0.3, 0.4) is 0 Å². The van der Waals surface area contributed by atoms with Crippen LogP contribution in [0.2, 0.25) is 0 Å². The van der Waals surface area contributed by atoms with E-state index in [0.717, 1.165) is 11.3 Å². The molecule has 1 fully saturated rings. The number of carboxylic acid groups (broad SMARTS) is 1. The van der Waals surface area contributed by atoms with E-state index in [1.165, 1.54) is 0 Å². The summed E-state index contributed by atoms with van der Waals surface area (Å²) < 4.78 is 0. The minimum atomic E-state index is -0.859. The zero-order chi connectivity index (χ0) is 15.8. The Morgan fingerprint density at radius 3 is 2.52 bits per heavy atom. The van der Waals surface area contributed by atoms with E-state index in [2.05, 4.69) is 4.98 Å². The predicted molar refractivity (Wildman–Crippen MR) is 78.7 cm³/mol. The third-order valence-corrected chi connectivity index (χ3v) is 3.91. The van der Waals surface area contributed by atoms with Crippen molar-refractivity contribution >= 4 is 11.9 Å². The molecule has 1 aliphatic rings. The molecule has 5 nitrogen and oxygen atoms in total. The summed E-state index contributed by atoms with van der Waals surface area (Å²) >= 11 is 0. The summed E-state index contributed by atoms with van der Waals surface area (Å²) in [5, 5.41) is 9.54. The van der Waals surface area contributed by atoms with Crippen LogP contribution in [0.15, 0.2) is 18.3 Å². The van der Waals surface area contributed by atoms with Crippen molar-refractivity contribution in [2.75, 3.05) is 0 Å². The highest BCUT2D eigenvalue weighted by atomic mass is 16.4. The van der Waals surface area contributed by atoms with Crippen LogP contribution in [0.5, 0.6) is 0 Å². The van der Waals surface area contributed by atoms with Crippen molar-refractivity contribution in [1.82, 2.24) is 9.88 Å². The number of aromatic nitrogens is 1. The second-order valence-electron chi connectivity index (χ2n) is 6.60. The average molecular weight is 290 g/mol. The lowest BCUT2D eigenvalue weighted by Crippen LogP contribution is -2.53. The van der Waals surface area contributed by atoms with Crippen molar-refractivity contribution in [1.29, 1.82) is 0 Å². The summed E-state index contributed by atoms with van der Waals surface area (Å²) in [6.07, 6.45) is 2.34. The van der Waals surface area contributed by atoms with Crippen molar-refractivity contribution in [3.8, 4) is 0 Å². The third kappa shape index (κ3) is 3.06. The van der Waals surface area contributed by atoms with Gasteiger partial charge in [0.05, 0.1) is 12.0 Å². The Labute approximate surface area is 125 Å². The average Bonchev–Trinajstić information content (AvgIpc) is 2.37. The molecule has 114 valence electrons. The van der Waals surface area contributed by atoms with Gasteiger partial charge in [-0.05, 0) is 45.7 Å². The summed E-state index contributed by atoms with van der Waals surface area (Å²) in [6.45, 7) is 7.68. The van der Waals surface area contributed by atoms with Gasteiger partial charge in [0.25, 0.3) is 0 Å². The Kier molecular flexibility index (Phi) is 4.03. The Morgan fingerprint density at radius 2 is 2.05 bits per heavy atom. The Hall–Kier alpha value is -1.91. The van der Waals surface area contributed by atoms with Crippen molar-refractivity contribution in [3.63, 3.8) is 0 Å². The molecule has 1 N–H and O–H groups in total. The molecule has 5 heteroatoms. The molecule has 0 aromatic carbocycles. The molecular weight excluding hydrogens is 268 g/mol. The molecule has 0 saturated carbocycles. The molecule has 2 rings (SSSR count). The van der Waals surface area contributed by atoms with Gasteiger partial charge in [-0.1, -0.05) is 6.07 Å². The Balaban J connectivity index is 2.51. The molecular formula is C16H22N2O3. The highest BCUT2D eigenvalue weighted by Gasteiger charge is 2.44. The lowest BCUT2D eigenvalue weighted by atomic mass is 9.82. The van der Waals surface area contributed by atoms with E-state index < -0.39 is 23.5 Å². The smallest absolute Gasteiger partial charge is 0.308 e. The van der Waals surface area contributed by atoms with Crippen LogP contribution in [-0.2, 0) is 9.59 Å². The van der Waals surface area contributed by atoms with E-state index in [9.17, 15) is 14.7 Å². The first-order chi connectivity index (χ1) is 9.71.